The molecule has 7 heteroatoms. The fourth-order valence-corrected chi connectivity index (χ4v) is 4.34. The summed E-state index contributed by atoms with van der Waals surface area (Å²) in [6.07, 6.45) is 5.42. The highest BCUT2D eigenvalue weighted by Gasteiger charge is 2.31. The number of ether oxygens (including phenoxy) is 3. The molecule has 0 spiro atoms. The molecule has 156 valence electrons. The minimum atomic E-state index is 0.146. The highest BCUT2D eigenvalue weighted by Crippen LogP contribution is 2.33. The molecule has 2 N–H and O–H groups in total. The van der Waals surface area contributed by atoms with Gasteiger partial charge in [0.2, 0.25) is 0 Å². The van der Waals surface area contributed by atoms with Gasteiger partial charge in [0.05, 0.1) is 13.2 Å². The molecule has 28 heavy (non-hydrogen) atoms. The third-order valence-electron chi connectivity index (χ3n) is 5.49. The number of benzene rings is 1. The molecule has 2 saturated heterocycles. The highest BCUT2D eigenvalue weighted by molar-refractivity contribution is 8.00. The molecule has 1 unspecified atom stereocenters. The van der Waals surface area contributed by atoms with Gasteiger partial charge in [-0.1, -0.05) is 12.1 Å². The van der Waals surface area contributed by atoms with Gasteiger partial charge in [-0.15, -0.1) is 0 Å². The number of hydrogen-bond donors (Lipinski definition) is 2. The molecule has 2 heterocycles. The van der Waals surface area contributed by atoms with Crippen molar-refractivity contribution in [3.05, 3.63) is 29.3 Å². The van der Waals surface area contributed by atoms with Crippen molar-refractivity contribution in [1.29, 1.82) is 0 Å². The third kappa shape index (κ3) is 5.78. The summed E-state index contributed by atoms with van der Waals surface area (Å²) in [4.78, 5) is 4.40. The Morgan fingerprint density at radius 2 is 2.07 bits per heavy atom. The Hall–Kier alpha value is -1.44. The SMILES string of the molecule is CN=C(NCc1ccc(C)cc1OC1CCOC1)NCC1(SC)CCOCC1. The lowest BCUT2D eigenvalue weighted by molar-refractivity contribution is 0.0783. The smallest absolute Gasteiger partial charge is 0.191 e. The zero-order chi connectivity index (χ0) is 19.8. The molecule has 1 aromatic rings. The Morgan fingerprint density at radius 3 is 2.75 bits per heavy atom. The first-order chi connectivity index (χ1) is 13.6. The Labute approximate surface area is 172 Å². The number of aryl methyl sites for hydroxylation is 1. The first-order valence-corrected chi connectivity index (χ1v) is 11.3. The Kier molecular flexibility index (Phi) is 7.88. The number of aliphatic imine (C=N–C) groups is 1. The third-order valence-corrected chi connectivity index (χ3v) is 6.91. The molecule has 0 bridgehead atoms. The minimum absolute atomic E-state index is 0.146. The topological polar surface area (TPSA) is 64.1 Å². The van der Waals surface area contributed by atoms with Crippen molar-refractivity contribution in [3.8, 4) is 5.75 Å². The number of thioether (sulfide) groups is 1. The lowest BCUT2D eigenvalue weighted by atomic mass is 9.99. The van der Waals surface area contributed by atoms with Crippen LogP contribution in [0.3, 0.4) is 0 Å². The molecule has 0 radical (unpaired) electrons. The van der Waals surface area contributed by atoms with Crippen molar-refractivity contribution >= 4 is 17.7 Å². The highest BCUT2D eigenvalue weighted by atomic mass is 32.2. The summed E-state index contributed by atoms with van der Waals surface area (Å²) < 4.78 is 17.4. The van der Waals surface area contributed by atoms with Crippen LogP contribution in [0.1, 0.15) is 30.4 Å². The summed E-state index contributed by atoms with van der Waals surface area (Å²) >= 11 is 1.92. The second-order valence-electron chi connectivity index (χ2n) is 7.49. The van der Waals surface area contributed by atoms with Crippen LogP contribution in [0.4, 0.5) is 0 Å². The lowest BCUT2D eigenvalue weighted by Crippen LogP contribution is -2.47. The summed E-state index contributed by atoms with van der Waals surface area (Å²) in [5.74, 6) is 1.75. The molecule has 1 atom stereocenters. The van der Waals surface area contributed by atoms with E-state index in [0.717, 1.165) is 62.9 Å². The Bertz CT molecular complexity index is 656. The van der Waals surface area contributed by atoms with Crippen LogP contribution in [-0.2, 0) is 16.0 Å². The van der Waals surface area contributed by atoms with Crippen molar-refractivity contribution in [1.82, 2.24) is 10.6 Å². The predicted octanol–water partition coefficient (Wildman–Crippen LogP) is 2.74. The molecular weight excluding hydrogens is 374 g/mol. The maximum atomic E-state index is 6.20. The lowest BCUT2D eigenvalue weighted by Gasteiger charge is -2.36. The average Bonchev–Trinajstić information content (AvgIpc) is 3.23. The molecule has 2 aliphatic rings. The van der Waals surface area contributed by atoms with Crippen molar-refractivity contribution < 1.29 is 14.2 Å². The molecule has 2 fully saturated rings. The average molecular weight is 408 g/mol. The second-order valence-corrected chi connectivity index (χ2v) is 8.77. The molecule has 0 aromatic heterocycles. The van der Waals surface area contributed by atoms with Crippen molar-refractivity contribution in [2.45, 2.75) is 43.6 Å². The van der Waals surface area contributed by atoms with E-state index in [1.54, 1.807) is 0 Å². The van der Waals surface area contributed by atoms with E-state index in [4.69, 9.17) is 14.2 Å². The van der Waals surface area contributed by atoms with Crippen molar-refractivity contribution in [2.75, 3.05) is 46.3 Å². The van der Waals surface area contributed by atoms with E-state index in [0.29, 0.717) is 13.2 Å². The minimum Gasteiger partial charge on any atom is -0.488 e. The number of guanidine groups is 1. The molecule has 2 aliphatic heterocycles. The van der Waals surface area contributed by atoms with Crippen LogP contribution in [0.5, 0.6) is 5.75 Å². The van der Waals surface area contributed by atoms with Crippen LogP contribution < -0.4 is 15.4 Å². The summed E-state index contributed by atoms with van der Waals surface area (Å²) in [6, 6.07) is 6.36. The standard InChI is InChI=1S/C21H33N3O3S/c1-16-4-5-17(19(12-16)27-18-6-9-26-14-18)13-23-20(22-2)24-15-21(28-3)7-10-25-11-8-21/h4-5,12,18H,6-11,13-15H2,1-3H3,(H2,22,23,24). The van der Waals surface area contributed by atoms with E-state index in [9.17, 15) is 0 Å². The van der Waals surface area contributed by atoms with Gasteiger partial charge < -0.3 is 24.8 Å². The zero-order valence-corrected chi connectivity index (χ0v) is 18.1. The Balaban J connectivity index is 1.57. The monoisotopic (exact) mass is 407 g/mol. The van der Waals surface area contributed by atoms with Crippen LogP contribution in [0.15, 0.2) is 23.2 Å². The summed E-state index contributed by atoms with van der Waals surface area (Å²) in [6.45, 7) is 6.76. The summed E-state index contributed by atoms with van der Waals surface area (Å²) in [7, 11) is 1.81. The first kappa shape index (κ1) is 21.3. The fourth-order valence-electron chi connectivity index (χ4n) is 3.54. The van der Waals surface area contributed by atoms with Gasteiger partial charge >= 0.3 is 0 Å². The van der Waals surface area contributed by atoms with Crippen LogP contribution in [-0.4, -0.2) is 63.1 Å². The van der Waals surface area contributed by atoms with Gasteiger partial charge in [0, 0.05) is 50.1 Å². The van der Waals surface area contributed by atoms with E-state index in [2.05, 4.69) is 47.0 Å². The predicted molar refractivity (Wildman–Crippen MR) is 116 cm³/mol. The molecule has 0 amide bonds. The van der Waals surface area contributed by atoms with Crippen molar-refractivity contribution in [3.63, 3.8) is 0 Å². The molecular formula is C21H33N3O3S. The molecule has 0 aliphatic carbocycles. The van der Waals surface area contributed by atoms with Crippen LogP contribution in [0, 0.1) is 6.92 Å². The molecule has 0 saturated carbocycles. The number of nitrogens with one attached hydrogen (secondary N) is 2. The quantitative estimate of drug-likeness (QED) is 0.535. The Morgan fingerprint density at radius 1 is 1.25 bits per heavy atom. The van der Waals surface area contributed by atoms with Gasteiger partial charge in [0.1, 0.15) is 11.9 Å². The van der Waals surface area contributed by atoms with Crippen LogP contribution >= 0.6 is 11.8 Å². The number of hydrogen-bond acceptors (Lipinski definition) is 5. The van der Waals surface area contributed by atoms with Crippen LogP contribution in [0.2, 0.25) is 0 Å². The van der Waals surface area contributed by atoms with E-state index in [-0.39, 0.29) is 10.9 Å². The van der Waals surface area contributed by atoms with Crippen LogP contribution in [0.25, 0.3) is 0 Å². The van der Waals surface area contributed by atoms with E-state index in [1.165, 1.54) is 5.56 Å². The van der Waals surface area contributed by atoms with Gasteiger partial charge in [0.15, 0.2) is 5.96 Å². The summed E-state index contributed by atoms with van der Waals surface area (Å²) in [5, 5.41) is 6.95. The van der Waals surface area contributed by atoms with E-state index >= 15 is 0 Å². The first-order valence-electron chi connectivity index (χ1n) is 10.1. The normalized spacial score (nSPS) is 22.1. The zero-order valence-electron chi connectivity index (χ0n) is 17.3. The van der Waals surface area contributed by atoms with E-state index in [1.807, 2.05) is 18.8 Å². The number of rotatable bonds is 7. The van der Waals surface area contributed by atoms with Gasteiger partial charge in [-0.3, -0.25) is 4.99 Å². The second kappa shape index (κ2) is 10.4. The van der Waals surface area contributed by atoms with E-state index < -0.39 is 0 Å². The molecule has 3 rings (SSSR count). The van der Waals surface area contributed by atoms with Gasteiger partial charge in [0.25, 0.3) is 0 Å². The van der Waals surface area contributed by atoms with Gasteiger partial charge in [-0.05, 0) is 37.7 Å². The van der Waals surface area contributed by atoms with Gasteiger partial charge in [-0.2, -0.15) is 11.8 Å². The molecule has 1 aromatic carbocycles. The maximum absolute atomic E-state index is 6.20. The summed E-state index contributed by atoms with van der Waals surface area (Å²) in [5.41, 5.74) is 2.33. The maximum Gasteiger partial charge on any atom is 0.191 e. The largest absolute Gasteiger partial charge is 0.488 e. The van der Waals surface area contributed by atoms with Crippen molar-refractivity contribution in [2.24, 2.45) is 4.99 Å². The molecule has 6 nitrogen and oxygen atoms in total. The number of nitrogens with zero attached hydrogens (tertiary/aromatic N) is 1. The van der Waals surface area contributed by atoms with Gasteiger partial charge in [-0.25, -0.2) is 0 Å². The fraction of sp³-hybridized carbons (Fsp3) is 0.667.